The maximum atomic E-state index is 2.55. The summed E-state index contributed by atoms with van der Waals surface area (Å²) in [6.07, 6.45) is 0. The summed E-state index contributed by atoms with van der Waals surface area (Å²) in [7, 11) is 0. The van der Waals surface area contributed by atoms with Crippen LogP contribution in [0.15, 0.2) is 315 Å². The molecule has 0 bridgehead atoms. The van der Waals surface area contributed by atoms with E-state index >= 15 is 0 Å². The van der Waals surface area contributed by atoms with Crippen LogP contribution < -0.4 is 9.80 Å². The van der Waals surface area contributed by atoms with Crippen LogP contribution in [-0.2, 0) is 21.7 Å². The highest BCUT2D eigenvalue weighted by molar-refractivity contribution is 6.23. The predicted molar refractivity (Wildman–Crippen MR) is 423 cm³/mol. The zero-order chi connectivity index (χ0) is 67.6. The van der Waals surface area contributed by atoms with E-state index in [1.165, 1.54) is 144 Å². The minimum absolute atomic E-state index is 0.210. The van der Waals surface area contributed by atoms with Gasteiger partial charge in [0.2, 0.25) is 0 Å². The van der Waals surface area contributed by atoms with Gasteiger partial charge in [0.1, 0.15) is 0 Å². The van der Waals surface area contributed by atoms with Gasteiger partial charge in [-0.2, -0.15) is 0 Å². The minimum atomic E-state index is -0.210. The molecule has 2 heteroatoms. The Hall–Kier alpha value is -11.6. The molecular formula is C98H76N2. The highest BCUT2D eigenvalue weighted by Crippen LogP contribution is 2.58. The van der Waals surface area contributed by atoms with Crippen LogP contribution in [0.4, 0.5) is 34.1 Å². The molecule has 0 atom stereocenters. The Morgan fingerprint density at radius 3 is 0.720 bits per heavy atom. The summed E-state index contributed by atoms with van der Waals surface area (Å²) in [5, 5.41) is 4.70. The van der Waals surface area contributed by atoms with Crippen LogP contribution >= 0.6 is 0 Å². The van der Waals surface area contributed by atoms with E-state index in [1.807, 2.05) is 0 Å². The average Bonchev–Trinajstić information content (AvgIpc) is 1.20. The van der Waals surface area contributed by atoms with Gasteiger partial charge in [-0.25, -0.2) is 0 Å². The molecule has 0 amide bonds. The normalized spacial score (nSPS) is 14.7. The summed E-state index contributed by atoms with van der Waals surface area (Å²) in [6, 6.07) is 120. The highest BCUT2D eigenvalue weighted by Gasteiger charge is 2.41. The van der Waals surface area contributed by atoms with Gasteiger partial charge in [-0.15, -0.1) is 0 Å². The van der Waals surface area contributed by atoms with Crippen molar-refractivity contribution in [2.24, 2.45) is 0 Å². The fraction of sp³-hybridized carbons (Fsp3) is 0.122. The van der Waals surface area contributed by atoms with Gasteiger partial charge in [0.25, 0.3) is 0 Å². The van der Waals surface area contributed by atoms with E-state index in [9.17, 15) is 0 Å². The lowest BCUT2D eigenvalue weighted by molar-refractivity contribution is 0.659. The SMILES string of the molecule is CC1(C)c2ccccc2-c2ccc(N(c3ccc4c(c3)C(C)(C)c3ccccc3-4)c3ccc4c(-c5cccc(-c6ccccc6)c5)c5cc(N(c6ccc7c(c6)C(C)(C)c6ccccc6-7)c6ccc7c(c6)C(C)(C)c6ccccc6-7)ccc5c(-c5cccc(-c6ccccc6)c5)c4c3)cc21. The zero-order valence-corrected chi connectivity index (χ0v) is 57.9. The van der Waals surface area contributed by atoms with Crippen molar-refractivity contribution in [3.05, 3.63) is 360 Å². The first kappa shape index (κ1) is 59.7. The standard InChI is InChI=1S/C98H76N2/c1-95(2)85-37-19-15-33-73(85)77-47-41-69(57-89(77)95)99(70-42-48-78-74-34-16-20-38-86(74)96(3,4)90(78)58-70)67-45-51-81-83(55-67)93(65-31-23-29-63(53-65)61-25-11-9-12-26-61)82-52-46-68(56-84(82)94(81)66-32-24-30-64(54-66)62-27-13-10-14-28-62)100(71-43-49-79-75-35-17-21-39-87(75)97(5,6)91(79)59-71)72-44-50-80-76-36-18-22-40-88(76)98(7,8)92(80)60-72/h9-60H,1-8H3. The van der Waals surface area contributed by atoms with Crippen LogP contribution in [0, 0.1) is 0 Å². The quantitative estimate of drug-likeness (QED) is 0.126. The van der Waals surface area contributed by atoms with Crippen molar-refractivity contribution in [1.29, 1.82) is 0 Å². The molecule has 0 N–H and O–H groups in total. The molecule has 19 rings (SSSR count). The third-order valence-electron chi connectivity index (χ3n) is 23.4. The summed E-state index contributed by atoms with van der Waals surface area (Å²) in [5.74, 6) is 0. The summed E-state index contributed by atoms with van der Waals surface area (Å²) in [4.78, 5) is 5.10. The number of hydrogen-bond acceptors (Lipinski definition) is 2. The van der Waals surface area contributed by atoms with Crippen molar-refractivity contribution in [1.82, 2.24) is 0 Å². The molecule has 0 spiro atoms. The maximum absolute atomic E-state index is 2.55. The van der Waals surface area contributed by atoms with Gasteiger partial charge < -0.3 is 9.80 Å². The van der Waals surface area contributed by atoms with Gasteiger partial charge in [0, 0.05) is 55.8 Å². The van der Waals surface area contributed by atoms with E-state index in [4.69, 9.17) is 0 Å². The highest BCUT2D eigenvalue weighted by atomic mass is 15.1. The Kier molecular flexibility index (Phi) is 13.1. The molecule has 15 aromatic carbocycles. The number of nitrogens with zero attached hydrogens (tertiary/aromatic N) is 2. The zero-order valence-electron chi connectivity index (χ0n) is 57.9. The fourth-order valence-corrected chi connectivity index (χ4v) is 18.3. The van der Waals surface area contributed by atoms with Crippen molar-refractivity contribution >= 4 is 55.7 Å². The third kappa shape index (κ3) is 8.88. The fourth-order valence-electron chi connectivity index (χ4n) is 18.3. The van der Waals surface area contributed by atoms with Gasteiger partial charge in [0.15, 0.2) is 0 Å². The second-order valence-electron chi connectivity index (χ2n) is 30.4. The molecule has 0 radical (unpaired) electrons. The summed E-state index contributed by atoms with van der Waals surface area (Å²) in [6.45, 7) is 19.2. The van der Waals surface area contributed by atoms with E-state index in [2.05, 4.69) is 381 Å². The van der Waals surface area contributed by atoms with Crippen molar-refractivity contribution in [2.45, 2.75) is 77.0 Å². The van der Waals surface area contributed by atoms with E-state index in [0.29, 0.717) is 0 Å². The molecule has 0 unspecified atom stereocenters. The molecule has 0 saturated heterocycles. The van der Waals surface area contributed by atoms with E-state index in [1.54, 1.807) is 0 Å². The van der Waals surface area contributed by atoms with Crippen LogP contribution in [0.3, 0.4) is 0 Å². The first-order valence-corrected chi connectivity index (χ1v) is 35.5. The lowest BCUT2D eigenvalue weighted by Gasteiger charge is -2.31. The Bertz CT molecular complexity index is 5340. The topological polar surface area (TPSA) is 6.48 Å². The molecule has 0 fully saturated rings. The predicted octanol–water partition coefficient (Wildman–Crippen LogP) is 26.8. The van der Waals surface area contributed by atoms with Crippen molar-refractivity contribution in [3.8, 4) is 89.0 Å². The van der Waals surface area contributed by atoms with Crippen LogP contribution in [0.2, 0.25) is 0 Å². The molecule has 4 aliphatic carbocycles. The second kappa shape index (κ2) is 22.0. The van der Waals surface area contributed by atoms with Crippen LogP contribution in [0.25, 0.3) is 111 Å². The van der Waals surface area contributed by atoms with Gasteiger partial charge in [0.05, 0.1) is 0 Å². The van der Waals surface area contributed by atoms with Crippen molar-refractivity contribution in [2.75, 3.05) is 9.80 Å². The molecule has 100 heavy (non-hydrogen) atoms. The largest absolute Gasteiger partial charge is 0.310 e. The van der Waals surface area contributed by atoms with Crippen molar-refractivity contribution in [3.63, 3.8) is 0 Å². The molecule has 0 aromatic heterocycles. The van der Waals surface area contributed by atoms with Crippen molar-refractivity contribution < 1.29 is 0 Å². The lowest BCUT2D eigenvalue weighted by Crippen LogP contribution is -2.18. The minimum Gasteiger partial charge on any atom is -0.310 e. The first-order valence-electron chi connectivity index (χ1n) is 35.5. The number of rotatable bonds is 10. The molecule has 478 valence electrons. The summed E-state index contributed by atoms with van der Waals surface area (Å²) < 4.78 is 0. The number of anilines is 6. The molecule has 15 aromatic rings. The number of benzene rings is 15. The molecular weight excluding hydrogens is 1210 g/mol. The maximum Gasteiger partial charge on any atom is 0.0468 e. The van der Waals surface area contributed by atoms with Gasteiger partial charge >= 0.3 is 0 Å². The third-order valence-corrected chi connectivity index (χ3v) is 23.4. The average molecular weight is 1280 g/mol. The molecule has 0 saturated carbocycles. The van der Waals surface area contributed by atoms with Gasteiger partial charge in [-0.1, -0.05) is 286 Å². The summed E-state index contributed by atoms with van der Waals surface area (Å²) in [5.41, 5.74) is 36.5. The number of fused-ring (bicyclic) bond motifs is 14. The Morgan fingerprint density at radius 1 is 0.170 bits per heavy atom. The Labute approximate surface area is 587 Å². The van der Waals surface area contributed by atoms with Gasteiger partial charge in [-0.3, -0.25) is 0 Å². The second-order valence-corrected chi connectivity index (χ2v) is 30.4. The van der Waals surface area contributed by atoms with Crippen LogP contribution in [0.5, 0.6) is 0 Å². The summed E-state index contributed by atoms with van der Waals surface area (Å²) >= 11 is 0. The lowest BCUT2D eigenvalue weighted by atomic mass is 9.82. The Morgan fingerprint density at radius 2 is 0.410 bits per heavy atom. The molecule has 2 nitrogen and oxygen atoms in total. The molecule has 0 aliphatic heterocycles. The van der Waals surface area contributed by atoms with E-state index < -0.39 is 0 Å². The molecule has 0 heterocycles. The first-order chi connectivity index (χ1) is 48.6. The Balaban J connectivity index is 0.897. The van der Waals surface area contributed by atoms with E-state index in [0.717, 1.165) is 45.3 Å². The van der Waals surface area contributed by atoms with E-state index in [-0.39, 0.29) is 21.7 Å². The molecule has 4 aliphatic rings. The smallest absolute Gasteiger partial charge is 0.0468 e. The van der Waals surface area contributed by atoms with Gasteiger partial charge in [-0.05, 0) is 240 Å². The number of hydrogen-bond donors (Lipinski definition) is 0. The van der Waals surface area contributed by atoms with Crippen LogP contribution in [0.1, 0.15) is 99.9 Å². The monoisotopic (exact) mass is 1280 g/mol. The van der Waals surface area contributed by atoms with Crippen LogP contribution in [-0.4, -0.2) is 0 Å².